The SMILES string of the molecule is C=C/C(O)=C(\C=C)c1cccc2cc(C)ccc12. The van der Waals surface area contributed by atoms with E-state index in [0.717, 1.165) is 16.3 Å². The van der Waals surface area contributed by atoms with Crippen LogP contribution < -0.4 is 0 Å². The first-order valence-electron chi connectivity index (χ1n) is 5.85. The number of allylic oxidation sites excluding steroid dienone is 3. The second kappa shape index (κ2) is 4.92. The Morgan fingerprint density at radius 2 is 1.89 bits per heavy atom. The summed E-state index contributed by atoms with van der Waals surface area (Å²) in [6, 6.07) is 12.3. The molecule has 0 atom stereocenters. The Labute approximate surface area is 107 Å². The molecule has 0 unspecified atom stereocenters. The quantitative estimate of drug-likeness (QED) is 0.600. The molecular formula is C17H16O. The molecule has 0 heterocycles. The molecule has 1 N–H and O–H groups in total. The van der Waals surface area contributed by atoms with Gasteiger partial charge in [0.15, 0.2) is 0 Å². The molecule has 0 aliphatic rings. The minimum atomic E-state index is 0.151. The van der Waals surface area contributed by atoms with Crippen LogP contribution in [0.4, 0.5) is 0 Å². The van der Waals surface area contributed by atoms with Crippen molar-refractivity contribution < 1.29 is 5.11 Å². The maximum atomic E-state index is 9.88. The highest BCUT2D eigenvalue weighted by molar-refractivity contribution is 5.97. The van der Waals surface area contributed by atoms with E-state index in [9.17, 15) is 5.11 Å². The monoisotopic (exact) mass is 236 g/mol. The average Bonchev–Trinajstić information content (AvgIpc) is 2.39. The van der Waals surface area contributed by atoms with Crippen LogP contribution in [0.25, 0.3) is 16.3 Å². The number of aliphatic hydroxyl groups excluding tert-OH is 1. The van der Waals surface area contributed by atoms with Gasteiger partial charge in [-0.2, -0.15) is 0 Å². The fourth-order valence-corrected chi connectivity index (χ4v) is 2.10. The van der Waals surface area contributed by atoms with Crippen LogP contribution in [0.3, 0.4) is 0 Å². The van der Waals surface area contributed by atoms with Crippen molar-refractivity contribution >= 4 is 16.3 Å². The molecular weight excluding hydrogens is 220 g/mol. The van der Waals surface area contributed by atoms with E-state index in [1.807, 2.05) is 12.1 Å². The van der Waals surface area contributed by atoms with Crippen LogP contribution in [0.15, 0.2) is 67.5 Å². The van der Waals surface area contributed by atoms with E-state index in [1.54, 1.807) is 6.08 Å². The van der Waals surface area contributed by atoms with Crippen LogP contribution >= 0.6 is 0 Å². The predicted molar refractivity (Wildman–Crippen MR) is 78.6 cm³/mol. The van der Waals surface area contributed by atoms with Crippen LogP contribution in [-0.4, -0.2) is 5.11 Å². The molecule has 0 aliphatic carbocycles. The fourth-order valence-electron chi connectivity index (χ4n) is 2.10. The third-order valence-corrected chi connectivity index (χ3v) is 3.00. The molecule has 0 aromatic heterocycles. The Kier molecular flexibility index (Phi) is 3.33. The second-order valence-corrected chi connectivity index (χ2v) is 4.24. The highest BCUT2D eigenvalue weighted by Gasteiger charge is 2.07. The van der Waals surface area contributed by atoms with Crippen molar-refractivity contribution in [3.05, 3.63) is 78.6 Å². The zero-order valence-electron chi connectivity index (χ0n) is 10.5. The van der Waals surface area contributed by atoms with E-state index in [0.29, 0.717) is 5.57 Å². The van der Waals surface area contributed by atoms with Gasteiger partial charge in [-0.15, -0.1) is 0 Å². The topological polar surface area (TPSA) is 20.2 Å². The van der Waals surface area contributed by atoms with Crippen LogP contribution in [0, 0.1) is 6.92 Å². The van der Waals surface area contributed by atoms with E-state index in [1.165, 1.54) is 11.6 Å². The zero-order chi connectivity index (χ0) is 13.1. The second-order valence-electron chi connectivity index (χ2n) is 4.24. The van der Waals surface area contributed by atoms with E-state index in [4.69, 9.17) is 0 Å². The van der Waals surface area contributed by atoms with Crippen molar-refractivity contribution in [1.82, 2.24) is 0 Å². The van der Waals surface area contributed by atoms with Crippen LogP contribution in [0.2, 0.25) is 0 Å². The third-order valence-electron chi connectivity index (χ3n) is 3.00. The summed E-state index contributed by atoms with van der Waals surface area (Å²) in [5.74, 6) is 0.151. The summed E-state index contributed by atoms with van der Waals surface area (Å²) in [4.78, 5) is 0. The van der Waals surface area contributed by atoms with Crippen molar-refractivity contribution in [2.75, 3.05) is 0 Å². The zero-order valence-corrected chi connectivity index (χ0v) is 10.5. The molecule has 18 heavy (non-hydrogen) atoms. The summed E-state index contributed by atoms with van der Waals surface area (Å²) in [6.07, 6.45) is 3.09. The first-order chi connectivity index (χ1) is 8.67. The van der Waals surface area contributed by atoms with E-state index < -0.39 is 0 Å². The number of aryl methyl sites for hydroxylation is 1. The number of rotatable bonds is 3. The molecule has 0 spiro atoms. The molecule has 0 saturated heterocycles. The molecule has 2 aromatic carbocycles. The molecule has 1 nitrogen and oxygen atoms in total. The Balaban J connectivity index is 2.79. The lowest BCUT2D eigenvalue weighted by Gasteiger charge is -2.09. The van der Waals surface area contributed by atoms with E-state index >= 15 is 0 Å². The van der Waals surface area contributed by atoms with Crippen molar-refractivity contribution in [3.63, 3.8) is 0 Å². The van der Waals surface area contributed by atoms with Crippen molar-refractivity contribution in [1.29, 1.82) is 0 Å². The predicted octanol–water partition coefficient (Wildman–Crippen LogP) is 4.79. The highest BCUT2D eigenvalue weighted by atomic mass is 16.3. The maximum Gasteiger partial charge on any atom is 0.122 e. The minimum Gasteiger partial charge on any atom is -0.507 e. The van der Waals surface area contributed by atoms with Gasteiger partial charge in [-0.25, -0.2) is 0 Å². The molecule has 0 amide bonds. The van der Waals surface area contributed by atoms with Crippen molar-refractivity contribution in [2.24, 2.45) is 0 Å². The summed E-state index contributed by atoms with van der Waals surface area (Å²) in [5.41, 5.74) is 2.90. The molecule has 90 valence electrons. The number of aliphatic hydroxyl groups is 1. The third kappa shape index (κ3) is 2.07. The molecule has 0 bridgehead atoms. The van der Waals surface area contributed by atoms with Gasteiger partial charge >= 0.3 is 0 Å². The Morgan fingerprint density at radius 1 is 1.11 bits per heavy atom. The van der Waals surface area contributed by atoms with Gasteiger partial charge in [-0.1, -0.05) is 61.2 Å². The summed E-state index contributed by atoms with van der Waals surface area (Å²) >= 11 is 0. The number of benzene rings is 2. The van der Waals surface area contributed by atoms with Gasteiger partial charge < -0.3 is 5.11 Å². The summed E-state index contributed by atoms with van der Waals surface area (Å²) in [5, 5.41) is 12.1. The summed E-state index contributed by atoms with van der Waals surface area (Å²) < 4.78 is 0. The molecule has 0 fully saturated rings. The summed E-state index contributed by atoms with van der Waals surface area (Å²) in [6.45, 7) is 9.43. The average molecular weight is 236 g/mol. The van der Waals surface area contributed by atoms with Crippen molar-refractivity contribution in [3.8, 4) is 0 Å². The van der Waals surface area contributed by atoms with E-state index in [2.05, 4.69) is 44.3 Å². The van der Waals surface area contributed by atoms with Gasteiger partial charge in [0, 0.05) is 5.57 Å². The van der Waals surface area contributed by atoms with Gasteiger partial charge in [0.05, 0.1) is 0 Å². The standard InChI is InChI=1S/C17H16O/c1-4-14(17(18)5-2)16-8-6-7-13-11-12(3)9-10-15(13)16/h4-11,18H,1-2H2,3H3/b17-14-. The smallest absolute Gasteiger partial charge is 0.122 e. The maximum absolute atomic E-state index is 9.88. The van der Waals surface area contributed by atoms with Gasteiger partial charge in [-0.3, -0.25) is 0 Å². The van der Waals surface area contributed by atoms with Crippen LogP contribution in [0.5, 0.6) is 0 Å². The lowest BCUT2D eigenvalue weighted by molar-refractivity contribution is 0.436. The molecule has 1 heteroatoms. The molecule has 0 aliphatic heterocycles. The van der Waals surface area contributed by atoms with Gasteiger partial charge in [0.25, 0.3) is 0 Å². The lowest BCUT2D eigenvalue weighted by Crippen LogP contribution is -1.89. The van der Waals surface area contributed by atoms with Crippen LogP contribution in [0.1, 0.15) is 11.1 Å². The van der Waals surface area contributed by atoms with Gasteiger partial charge in [0.1, 0.15) is 5.76 Å². The van der Waals surface area contributed by atoms with Gasteiger partial charge in [-0.05, 0) is 29.3 Å². The fraction of sp³-hybridized carbons (Fsp3) is 0.0588. The number of hydrogen-bond donors (Lipinski definition) is 1. The first kappa shape index (κ1) is 12.2. The minimum absolute atomic E-state index is 0.151. The highest BCUT2D eigenvalue weighted by Crippen LogP contribution is 2.28. The number of fused-ring (bicyclic) bond motifs is 1. The normalized spacial score (nSPS) is 12.1. The Hall–Kier alpha value is -2.28. The largest absolute Gasteiger partial charge is 0.507 e. The first-order valence-corrected chi connectivity index (χ1v) is 5.85. The van der Waals surface area contributed by atoms with Crippen LogP contribution in [-0.2, 0) is 0 Å². The lowest BCUT2D eigenvalue weighted by atomic mass is 9.96. The summed E-state index contributed by atoms with van der Waals surface area (Å²) in [7, 11) is 0. The molecule has 0 radical (unpaired) electrons. The Bertz CT molecular complexity index is 648. The van der Waals surface area contributed by atoms with E-state index in [-0.39, 0.29) is 5.76 Å². The Morgan fingerprint density at radius 3 is 2.56 bits per heavy atom. The number of hydrogen-bond acceptors (Lipinski definition) is 1. The molecule has 2 rings (SSSR count). The van der Waals surface area contributed by atoms with Crippen molar-refractivity contribution in [2.45, 2.75) is 6.92 Å². The molecule has 0 saturated carbocycles. The van der Waals surface area contributed by atoms with Gasteiger partial charge in [0.2, 0.25) is 0 Å². The molecule has 2 aromatic rings.